The van der Waals surface area contributed by atoms with Crippen LogP contribution in [0.3, 0.4) is 0 Å². The summed E-state index contributed by atoms with van der Waals surface area (Å²) in [6, 6.07) is 17.6. The van der Waals surface area contributed by atoms with E-state index >= 15 is 0 Å². The van der Waals surface area contributed by atoms with Crippen LogP contribution >= 0.6 is 11.8 Å². The van der Waals surface area contributed by atoms with Gasteiger partial charge in [0.15, 0.2) is 0 Å². The smallest absolute Gasteiger partial charge is 0.306 e. The molecule has 0 amide bonds. The van der Waals surface area contributed by atoms with Gasteiger partial charge in [0.05, 0.1) is 13.5 Å². The minimum Gasteiger partial charge on any atom is -0.496 e. The molecule has 4 heteroatoms. The minimum atomic E-state index is -0.190. The Kier molecular flexibility index (Phi) is 6.16. The van der Waals surface area contributed by atoms with Crippen LogP contribution in [0, 0.1) is 0 Å². The SMILES string of the molecule is COc1ccccc1COC(=O)CCSc1ccccc1. The lowest BCUT2D eigenvalue weighted by Gasteiger charge is -2.09. The average molecular weight is 302 g/mol. The summed E-state index contributed by atoms with van der Waals surface area (Å²) in [5.41, 5.74) is 0.879. The highest BCUT2D eigenvalue weighted by atomic mass is 32.2. The average Bonchev–Trinajstić information content (AvgIpc) is 2.54. The van der Waals surface area contributed by atoms with Gasteiger partial charge in [0, 0.05) is 16.2 Å². The molecular formula is C17H18O3S. The molecule has 0 radical (unpaired) electrons. The molecule has 110 valence electrons. The maximum absolute atomic E-state index is 11.7. The third-order valence-electron chi connectivity index (χ3n) is 2.90. The molecule has 2 aromatic carbocycles. The summed E-state index contributed by atoms with van der Waals surface area (Å²) >= 11 is 1.65. The molecular weight excluding hydrogens is 284 g/mol. The third-order valence-corrected chi connectivity index (χ3v) is 3.91. The Hall–Kier alpha value is -1.94. The first kappa shape index (κ1) is 15.4. The van der Waals surface area contributed by atoms with Gasteiger partial charge in [0.25, 0.3) is 0 Å². The van der Waals surface area contributed by atoms with Gasteiger partial charge < -0.3 is 9.47 Å². The zero-order valence-corrected chi connectivity index (χ0v) is 12.8. The molecule has 21 heavy (non-hydrogen) atoms. The van der Waals surface area contributed by atoms with Crippen LogP contribution < -0.4 is 4.74 Å². The zero-order valence-electron chi connectivity index (χ0n) is 12.0. The maximum atomic E-state index is 11.7. The van der Waals surface area contributed by atoms with Crippen LogP contribution in [0.15, 0.2) is 59.5 Å². The molecule has 0 bridgehead atoms. The summed E-state index contributed by atoms with van der Waals surface area (Å²) in [6.07, 6.45) is 0.398. The molecule has 0 saturated carbocycles. The fourth-order valence-electron chi connectivity index (χ4n) is 1.82. The summed E-state index contributed by atoms with van der Waals surface area (Å²) in [5.74, 6) is 1.27. The number of methoxy groups -OCH3 is 1. The van der Waals surface area contributed by atoms with E-state index in [0.29, 0.717) is 6.42 Å². The summed E-state index contributed by atoms with van der Waals surface area (Å²) in [6.45, 7) is 0.249. The van der Waals surface area contributed by atoms with Gasteiger partial charge in [0.1, 0.15) is 12.4 Å². The van der Waals surface area contributed by atoms with Crippen LogP contribution in [0.1, 0.15) is 12.0 Å². The van der Waals surface area contributed by atoms with Crippen molar-refractivity contribution in [1.82, 2.24) is 0 Å². The van der Waals surface area contributed by atoms with Crippen LogP contribution in [0.4, 0.5) is 0 Å². The molecule has 0 spiro atoms. The fraction of sp³-hybridized carbons (Fsp3) is 0.235. The molecule has 0 aliphatic heterocycles. The molecule has 0 fully saturated rings. The molecule has 0 heterocycles. The Morgan fingerprint density at radius 2 is 1.76 bits per heavy atom. The number of benzene rings is 2. The van der Waals surface area contributed by atoms with E-state index in [2.05, 4.69) is 0 Å². The number of para-hydroxylation sites is 1. The Labute approximate surface area is 129 Å². The van der Waals surface area contributed by atoms with Gasteiger partial charge in [0.2, 0.25) is 0 Å². The molecule has 0 unspecified atom stereocenters. The first-order valence-electron chi connectivity index (χ1n) is 6.75. The Morgan fingerprint density at radius 3 is 2.52 bits per heavy atom. The highest BCUT2D eigenvalue weighted by Crippen LogP contribution is 2.20. The van der Waals surface area contributed by atoms with Crippen LogP contribution in [0.25, 0.3) is 0 Å². The topological polar surface area (TPSA) is 35.5 Å². The number of carbonyl (C=O) groups is 1. The second-order valence-electron chi connectivity index (χ2n) is 4.38. The Morgan fingerprint density at radius 1 is 1.05 bits per heavy atom. The number of rotatable bonds is 7. The minimum absolute atomic E-state index is 0.190. The quantitative estimate of drug-likeness (QED) is 0.573. The number of thioether (sulfide) groups is 1. The molecule has 0 aliphatic carbocycles. The Bertz CT molecular complexity index is 569. The first-order chi connectivity index (χ1) is 10.3. The van der Waals surface area contributed by atoms with E-state index < -0.39 is 0 Å². The lowest BCUT2D eigenvalue weighted by atomic mass is 10.2. The van der Waals surface area contributed by atoms with Crippen LogP contribution in [-0.2, 0) is 16.1 Å². The third kappa shape index (κ3) is 5.16. The van der Waals surface area contributed by atoms with Crippen molar-refractivity contribution in [2.24, 2.45) is 0 Å². The van der Waals surface area contributed by atoms with Gasteiger partial charge in [-0.05, 0) is 18.2 Å². The highest BCUT2D eigenvalue weighted by Gasteiger charge is 2.07. The van der Waals surface area contributed by atoms with Crippen molar-refractivity contribution in [3.63, 3.8) is 0 Å². The van der Waals surface area contributed by atoms with E-state index in [4.69, 9.17) is 9.47 Å². The predicted molar refractivity (Wildman–Crippen MR) is 84.6 cm³/mol. The molecule has 2 aromatic rings. The van der Waals surface area contributed by atoms with E-state index in [-0.39, 0.29) is 12.6 Å². The molecule has 0 aromatic heterocycles. The van der Waals surface area contributed by atoms with E-state index in [1.54, 1.807) is 18.9 Å². The fourth-order valence-corrected chi connectivity index (χ4v) is 2.68. The highest BCUT2D eigenvalue weighted by molar-refractivity contribution is 7.99. The van der Waals surface area contributed by atoms with E-state index in [1.165, 1.54) is 0 Å². The van der Waals surface area contributed by atoms with E-state index in [1.807, 2.05) is 54.6 Å². The van der Waals surface area contributed by atoms with E-state index in [9.17, 15) is 4.79 Å². The summed E-state index contributed by atoms with van der Waals surface area (Å²) in [7, 11) is 1.61. The van der Waals surface area contributed by atoms with Crippen molar-refractivity contribution >= 4 is 17.7 Å². The summed E-state index contributed by atoms with van der Waals surface area (Å²) in [5, 5.41) is 0. The van der Waals surface area contributed by atoms with Crippen molar-refractivity contribution in [2.45, 2.75) is 17.9 Å². The molecule has 0 aliphatic rings. The number of esters is 1. The van der Waals surface area contributed by atoms with Gasteiger partial charge in [-0.15, -0.1) is 11.8 Å². The second-order valence-corrected chi connectivity index (χ2v) is 5.55. The van der Waals surface area contributed by atoms with Gasteiger partial charge in [-0.25, -0.2) is 0 Å². The van der Waals surface area contributed by atoms with Crippen molar-refractivity contribution in [3.05, 3.63) is 60.2 Å². The second kappa shape index (κ2) is 8.37. The molecule has 3 nitrogen and oxygen atoms in total. The zero-order chi connectivity index (χ0) is 14.9. The normalized spacial score (nSPS) is 10.1. The monoisotopic (exact) mass is 302 g/mol. The standard InChI is InChI=1S/C17H18O3S/c1-19-16-10-6-5-7-14(16)13-20-17(18)11-12-21-15-8-3-2-4-9-15/h2-10H,11-13H2,1H3. The van der Waals surface area contributed by atoms with Crippen LogP contribution in [-0.4, -0.2) is 18.8 Å². The van der Waals surface area contributed by atoms with Gasteiger partial charge in [-0.2, -0.15) is 0 Å². The van der Waals surface area contributed by atoms with Crippen LogP contribution in [0.2, 0.25) is 0 Å². The number of hydrogen-bond donors (Lipinski definition) is 0. The molecule has 0 N–H and O–H groups in total. The maximum Gasteiger partial charge on any atom is 0.306 e. The Balaban J connectivity index is 1.72. The lowest BCUT2D eigenvalue weighted by Crippen LogP contribution is -2.06. The summed E-state index contributed by atoms with van der Waals surface area (Å²) < 4.78 is 10.5. The van der Waals surface area contributed by atoms with Gasteiger partial charge >= 0.3 is 5.97 Å². The molecule has 0 saturated heterocycles. The predicted octanol–water partition coefficient (Wildman–Crippen LogP) is 3.92. The van der Waals surface area contributed by atoms with Crippen molar-refractivity contribution in [1.29, 1.82) is 0 Å². The number of ether oxygens (including phenoxy) is 2. The van der Waals surface area contributed by atoms with Gasteiger partial charge in [-0.3, -0.25) is 4.79 Å². The number of hydrogen-bond acceptors (Lipinski definition) is 4. The number of carbonyl (C=O) groups excluding carboxylic acids is 1. The molecule has 2 rings (SSSR count). The summed E-state index contributed by atoms with van der Waals surface area (Å²) in [4.78, 5) is 12.9. The van der Waals surface area contributed by atoms with Crippen molar-refractivity contribution in [3.8, 4) is 5.75 Å². The molecule has 0 atom stereocenters. The first-order valence-corrected chi connectivity index (χ1v) is 7.73. The van der Waals surface area contributed by atoms with Crippen LogP contribution in [0.5, 0.6) is 5.75 Å². The lowest BCUT2D eigenvalue weighted by molar-refractivity contribution is -0.144. The largest absolute Gasteiger partial charge is 0.496 e. The van der Waals surface area contributed by atoms with Crippen molar-refractivity contribution in [2.75, 3.05) is 12.9 Å². The van der Waals surface area contributed by atoms with E-state index in [0.717, 1.165) is 22.0 Å². The van der Waals surface area contributed by atoms with Crippen molar-refractivity contribution < 1.29 is 14.3 Å². The van der Waals surface area contributed by atoms with Gasteiger partial charge in [-0.1, -0.05) is 36.4 Å².